The van der Waals surface area contributed by atoms with E-state index in [9.17, 15) is 4.79 Å². The molecule has 0 aromatic heterocycles. The molecule has 0 saturated heterocycles. The quantitative estimate of drug-likeness (QED) is 0.589. The fourth-order valence-electron chi connectivity index (χ4n) is 3.70. The lowest BCUT2D eigenvalue weighted by Crippen LogP contribution is -2.45. The van der Waals surface area contributed by atoms with Crippen LogP contribution in [0.2, 0.25) is 5.02 Å². The van der Waals surface area contributed by atoms with Crippen molar-refractivity contribution < 1.29 is 4.79 Å². The van der Waals surface area contributed by atoms with Crippen LogP contribution >= 0.6 is 11.6 Å². The third kappa shape index (κ3) is 4.01. The third-order valence-electron chi connectivity index (χ3n) is 5.50. The maximum absolute atomic E-state index is 12.2. The molecule has 2 aromatic carbocycles. The van der Waals surface area contributed by atoms with Gasteiger partial charge in [-0.05, 0) is 86.2 Å². The molecule has 0 aliphatic carbocycles. The minimum absolute atomic E-state index is 0.140. The summed E-state index contributed by atoms with van der Waals surface area (Å²) in [5, 5.41) is 4.75. The van der Waals surface area contributed by atoms with Crippen molar-refractivity contribution in [1.82, 2.24) is 5.43 Å². The Morgan fingerprint density at radius 2 is 1.96 bits per heavy atom. The Hall–Kier alpha value is -2.33. The van der Waals surface area contributed by atoms with E-state index < -0.39 is 0 Å². The Morgan fingerprint density at radius 3 is 2.63 bits per heavy atom. The average Bonchev–Trinajstić information content (AvgIpc) is 2.61. The molecular formula is C22H26ClN3O. The highest BCUT2D eigenvalue weighted by Gasteiger charge is 2.34. The molecule has 1 heterocycles. The fraction of sp³-hybridized carbons (Fsp3) is 0.364. The number of amides is 1. The molecule has 3 rings (SSSR count). The Kier molecular flexibility index (Phi) is 5.29. The second-order valence-corrected chi connectivity index (χ2v) is 8.39. The molecule has 4 nitrogen and oxygen atoms in total. The zero-order valence-electron chi connectivity index (χ0n) is 16.5. The molecule has 27 heavy (non-hydrogen) atoms. The number of rotatable bonds is 3. The summed E-state index contributed by atoms with van der Waals surface area (Å²) in [6.07, 6.45) is 2.82. The lowest BCUT2D eigenvalue weighted by molar-refractivity contribution is 0.0955. The monoisotopic (exact) mass is 383 g/mol. The van der Waals surface area contributed by atoms with Gasteiger partial charge in [0, 0.05) is 28.9 Å². The van der Waals surface area contributed by atoms with Gasteiger partial charge in [0.15, 0.2) is 0 Å². The van der Waals surface area contributed by atoms with Gasteiger partial charge in [-0.25, -0.2) is 5.43 Å². The first-order valence-electron chi connectivity index (χ1n) is 9.16. The van der Waals surface area contributed by atoms with Crippen LogP contribution in [0, 0.1) is 6.92 Å². The lowest BCUT2D eigenvalue weighted by Gasteiger charge is -2.45. The number of aryl methyl sites for hydroxylation is 1. The molecule has 0 bridgehead atoms. The number of hydrogen-bond acceptors (Lipinski definition) is 3. The van der Waals surface area contributed by atoms with E-state index >= 15 is 0 Å². The van der Waals surface area contributed by atoms with Crippen molar-refractivity contribution in [3.63, 3.8) is 0 Å². The Labute approximate surface area is 166 Å². The fourth-order valence-corrected chi connectivity index (χ4v) is 3.83. The summed E-state index contributed by atoms with van der Waals surface area (Å²) in [6, 6.07) is 11.1. The first-order valence-corrected chi connectivity index (χ1v) is 9.54. The SMILES string of the molecule is Cc1cc2c(cc1/C=N/NC(=O)c1ccc(Cl)cc1)C(C)CC(C)(C)N2C. The molecule has 0 fully saturated rings. The molecule has 1 atom stereocenters. The van der Waals surface area contributed by atoms with Crippen LogP contribution in [-0.4, -0.2) is 24.7 Å². The van der Waals surface area contributed by atoms with E-state index in [1.54, 1.807) is 30.5 Å². The van der Waals surface area contributed by atoms with E-state index in [-0.39, 0.29) is 11.4 Å². The van der Waals surface area contributed by atoms with Gasteiger partial charge in [0.2, 0.25) is 0 Å². The van der Waals surface area contributed by atoms with E-state index in [0.717, 1.165) is 17.5 Å². The van der Waals surface area contributed by atoms with Crippen LogP contribution in [0.4, 0.5) is 5.69 Å². The summed E-state index contributed by atoms with van der Waals surface area (Å²) >= 11 is 5.85. The highest BCUT2D eigenvalue weighted by Crippen LogP contribution is 2.43. The van der Waals surface area contributed by atoms with Gasteiger partial charge in [-0.2, -0.15) is 5.10 Å². The number of fused-ring (bicyclic) bond motifs is 1. The molecule has 0 spiro atoms. The van der Waals surface area contributed by atoms with Gasteiger partial charge in [-0.1, -0.05) is 18.5 Å². The third-order valence-corrected chi connectivity index (χ3v) is 5.75. The highest BCUT2D eigenvalue weighted by atomic mass is 35.5. The smallest absolute Gasteiger partial charge is 0.271 e. The summed E-state index contributed by atoms with van der Waals surface area (Å²) in [5.74, 6) is 0.219. The predicted molar refractivity (Wildman–Crippen MR) is 113 cm³/mol. The van der Waals surface area contributed by atoms with Crippen LogP contribution in [0.3, 0.4) is 0 Å². The van der Waals surface area contributed by atoms with Gasteiger partial charge >= 0.3 is 0 Å². The summed E-state index contributed by atoms with van der Waals surface area (Å²) in [7, 11) is 2.16. The van der Waals surface area contributed by atoms with Crippen LogP contribution in [0.25, 0.3) is 0 Å². The molecule has 1 aliphatic heterocycles. The normalized spacial score (nSPS) is 18.4. The number of halogens is 1. The number of nitrogens with zero attached hydrogens (tertiary/aromatic N) is 2. The Bertz CT molecular complexity index is 887. The average molecular weight is 384 g/mol. The van der Waals surface area contributed by atoms with Gasteiger partial charge in [0.05, 0.1) is 6.21 Å². The summed E-state index contributed by atoms with van der Waals surface area (Å²) in [4.78, 5) is 14.5. The maximum Gasteiger partial charge on any atom is 0.271 e. The standard InChI is InChI=1S/C22H26ClN3O/c1-14-10-20-19(15(2)12-22(3,4)26(20)5)11-17(14)13-24-25-21(27)16-6-8-18(23)9-7-16/h6-11,13,15H,12H2,1-5H3,(H,25,27)/b24-13+. The van der Waals surface area contributed by atoms with Gasteiger partial charge in [-0.3, -0.25) is 4.79 Å². The van der Waals surface area contributed by atoms with Crippen molar-refractivity contribution >= 4 is 29.4 Å². The molecule has 1 unspecified atom stereocenters. The summed E-state index contributed by atoms with van der Waals surface area (Å²) in [5.41, 5.74) is 8.00. The molecule has 1 N–H and O–H groups in total. The first-order chi connectivity index (χ1) is 12.7. The molecule has 5 heteroatoms. The number of carbonyl (C=O) groups is 1. The molecule has 0 radical (unpaired) electrons. The molecule has 142 valence electrons. The summed E-state index contributed by atoms with van der Waals surface area (Å²) in [6.45, 7) is 8.90. The zero-order chi connectivity index (χ0) is 19.8. The van der Waals surface area contributed by atoms with Crippen LogP contribution < -0.4 is 10.3 Å². The van der Waals surface area contributed by atoms with Crippen LogP contribution in [0.5, 0.6) is 0 Å². The molecular weight excluding hydrogens is 358 g/mol. The highest BCUT2D eigenvalue weighted by molar-refractivity contribution is 6.30. The number of benzene rings is 2. The molecule has 2 aromatic rings. The predicted octanol–water partition coefficient (Wildman–Crippen LogP) is 5.13. The summed E-state index contributed by atoms with van der Waals surface area (Å²) < 4.78 is 0. The number of carbonyl (C=O) groups excluding carboxylic acids is 1. The number of hydrogen-bond donors (Lipinski definition) is 1. The second kappa shape index (κ2) is 7.35. The number of nitrogens with one attached hydrogen (secondary N) is 1. The zero-order valence-corrected chi connectivity index (χ0v) is 17.3. The molecule has 0 saturated carbocycles. The maximum atomic E-state index is 12.2. The van der Waals surface area contributed by atoms with E-state index in [2.05, 4.69) is 62.3 Å². The van der Waals surface area contributed by atoms with Crippen molar-refractivity contribution in [3.8, 4) is 0 Å². The Morgan fingerprint density at radius 1 is 1.30 bits per heavy atom. The lowest BCUT2D eigenvalue weighted by atomic mass is 9.79. The van der Waals surface area contributed by atoms with Crippen molar-refractivity contribution in [2.24, 2.45) is 5.10 Å². The van der Waals surface area contributed by atoms with Crippen LogP contribution in [0.1, 0.15) is 60.2 Å². The topological polar surface area (TPSA) is 44.7 Å². The first kappa shape index (κ1) is 19.4. The van der Waals surface area contributed by atoms with Gasteiger partial charge in [0.1, 0.15) is 0 Å². The Balaban J connectivity index is 1.80. The second-order valence-electron chi connectivity index (χ2n) is 7.95. The van der Waals surface area contributed by atoms with Crippen LogP contribution in [-0.2, 0) is 0 Å². The van der Waals surface area contributed by atoms with Crippen molar-refractivity contribution in [2.45, 2.75) is 45.6 Å². The van der Waals surface area contributed by atoms with E-state index in [0.29, 0.717) is 16.5 Å². The van der Waals surface area contributed by atoms with Crippen molar-refractivity contribution in [3.05, 3.63) is 63.7 Å². The molecule has 1 aliphatic rings. The number of hydrazone groups is 1. The molecule has 1 amide bonds. The van der Waals surface area contributed by atoms with Crippen LogP contribution in [0.15, 0.2) is 41.5 Å². The van der Waals surface area contributed by atoms with Gasteiger partial charge < -0.3 is 4.90 Å². The number of anilines is 1. The van der Waals surface area contributed by atoms with Crippen molar-refractivity contribution in [1.29, 1.82) is 0 Å². The van der Waals surface area contributed by atoms with Gasteiger partial charge in [0.25, 0.3) is 5.91 Å². The van der Waals surface area contributed by atoms with E-state index in [1.165, 1.54) is 11.3 Å². The minimum Gasteiger partial charge on any atom is -0.369 e. The van der Waals surface area contributed by atoms with Gasteiger partial charge in [-0.15, -0.1) is 0 Å². The van der Waals surface area contributed by atoms with E-state index in [4.69, 9.17) is 11.6 Å². The largest absolute Gasteiger partial charge is 0.369 e. The van der Waals surface area contributed by atoms with Crippen molar-refractivity contribution in [2.75, 3.05) is 11.9 Å². The minimum atomic E-state index is -0.256. The van der Waals surface area contributed by atoms with E-state index in [1.807, 2.05) is 0 Å².